The Morgan fingerprint density at radius 1 is 0.636 bits per heavy atom. The molecule has 10 N–H and O–H groups in total. The van der Waals surface area contributed by atoms with Crippen LogP contribution in [-0.2, 0) is 0 Å². The lowest BCUT2D eigenvalue weighted by Gasteiger charge is -2.09. The number of anilines is 5. The Morgan fingerprint density at radius 2 is 1.00 bits per heavy atom. The summed E-state index contributed by atoms with van der Waals surface area (Å²) >= 11 is 0. The second-order valence-corrected chi connectivity index (χ2v) is 2.30. The van der Waals surface area contributed by atoms with Crippen molar-refractivity contribution in [3.8, 4) is 0 Å². The van der Waals surface area contributed by atoms with Gasteiger partial charge >= 0.3 is 0 Å². The van der Waals surface area contributed by atoms with Crippen LogP contribution in [0.5, 0.6) is 0 Å². The van der Waals surface area contributed by atoms with Crippen LogP contribution in [0.3, 0.4) is 0 Å². The van der Waals surface area contributed by atoms with Gasteiger partial charge in [-0.2, -0.15) is 0 Å². The summed E-state index contributed by atoms with van der Waals surface area (Å²) in [6.07, 6.45) is 0. The molecule has 0 saturated heterocycles. The summed E-state index contributed by atoms with van der Waals surface area (Å²) in [7, 11) is 0. The van der Waals surface area contributed by atoms with Crippen molar-refractivity contribution in [3.63, 3.8) is 0 Å². The van der Waals surface area contributed by atoms with Crippen LogP contribution in [0.1, 0.15) is 0 Å². The van der Waals surface area contributed by atoms with Gasteiger partial charge in [0, 0.05) is 0 Å². The molecule has 0 amide bonds. The average molecular weight is 153 g/mol. The second kappa shape index (κ2) is 2.12. The molecular formula is C6H11N5. The highest BCUT2D eigenvalue weighted by Gasteiger charge is 2.06. The van der Waals surface area contributed by atoms with Crippen LogP contribution in [0.2, 0.25) is 0 Å². The minimum Gasteiger partial charge on any atom is -0.397 e. The van der Waals surface area contributed by atoms with Gasteiger partial charge in [0.25, 0.3) is 0 Å². The van der Waals surface area contributed by atoms with Gasteiger partial charge in [0.05, 0.1) is 28.4 Å². The van der Waals surface area contributed by atoms with E-state index >= 15 is 0 Å². The van der Waals surface area contributed by atoms with E-state index in [4.69, 9.17) is 28.7 Å². The molecule has 0 radical (unpaired) electrons. The molecule has 5 nitrogen and oxygen atoms in total. The average Bonchev–Trinajstić information content (AvgIpc) is 1.97. The van der Waals surface area contributed by atoms with Gasteiger partial charge in [-0.15, -0.1) is 0 Å². The fraction of sp³-hybridized carbons (Fsp3) is 0. The molecule has 1 aromatic carbocycles. The lowest BCUT2D eigenvalue weighted by Crippen LogP contribution is -2.06. The number of rotatable bonds is 0. The maximum atomic E-state index is 5.47. The second-order valence-electron chi connectivity index (χ2n) is 2.30. The topological polar surface area (TPSA) is 130 Å². The van der Waals surface area contributed by atoms with Crippen LogP contribution in [0, 0.1) is 0 Å². The van der Waals surface area contributed by atoms with Crippen LogP contribution in [0.4, 0.5) is 28.4 Å². The van der Waals surface area contributed by atoms with Gasteiger partial charge in [-0.25, -0.2) is 0 Å². The third-order valence-corrected chi connectivity index (χ3v) is 1.51. The summed E-state index contributed by atoms with van der Waals surface area (Å²) in [5, 5.41) is 0. The molecule has 1 aromatic rings. The van der Waals surface area contributed by atoms with E-state index in [2.05, 4.69) is 0 Å². The molecule has 0 bridgehead atoms. The summed E-state index contributed by atoms with van der Waals surface area (Å²) in [5.41, 5.74) is 28.8. The van der Waals surface area contributed by atoms with E-state index < -0.39 is 0 Å². The third-order valence-electron chi connectivity index (χ3n) is 1.51. The zero-order chi connectivity index (χ0) is 8.59. The summed E-state index contributed by atoms with van der Waals surface area (Å²) < 4.78 is 0. The molecule has 0 fully saturated rings. The minimum absolute atomic E-state index is 0.252. The highest BCUT2D eigenvalue weighted by Crippen LogP contribution is 2.33. The van der Waals surface area contributed by atoms with Gasteiger partial charge in [0.15, 0.2) is 0 Å². The highest BCUT2D eigenvalue weighted by atomic mass is 14.8. The molecular weight excluding hydrogens is 142 g/mol. The quantitative estimate of drug-likeness (QED) is 0.324. The van der Waals surface area contributed by atoms with E-state index in [1.807, 2.05) is 0 Å². The van der Waals surface area contributed by atoms with E-state index in [-0.39, 0.29) is 17.1 Å². The zero-order valence-corrected chi connectivity index (χ0v) is 5.96. The van der Waals surface area contributed by atoms with Crippen LogP contribution < -0.4 is 28.7 Å². The van der Waals surface area contributed by atoms with E-state index in [0.29, 0.717) is 11.4 Å². The fourth-order valence-corrected chi connectivity index (χ4v) is 0.779. The van der Waals surface area contributed by atoms with Gasteiger partial charge in [-0.1, -0.05) is 0 Å². The first kappa shape index (κ1) is 7.33. The fourth-order valence-electron chi connectivity index (χ4n) is 0.779. The Hall–Kier alpha value is -1.78. The van der Waals surface area contributed by atoms with Gasteiger partial charge in [0.2, 0.25) is 0 Å². The van der Waals surface area contributed by atoms with Crippen molar-refractivity contribution in [2.45, 2.75) is 0 Å². The molecule has 0 aliphatic rings. The molecule has 0 aromatic heterocycles. The SMILES string of the molecule is Nc1cc(N)c(N)c(N)c1N. The van der Waals surface area contributed by atoms with E-state index in [1.54, 1.807) is 0 Å². The number of hydrogen-bond acceptors (Lipinski definition) is 5. The van der Waals surface area contributed by atoms with Gasteiger partial charge < -0.3 is 28.7 Å². The summed E-state index contributed by atoms with van der Waals surface area (Å²) in [5.74, 6) is 0. The summed E-state index contributed by atoms with van der Waals surface area (Å²) in [4.78, 5) is 0. The number of benzene rings is 1. The molecule has 0 aliphatic carbocycles. The predicted molar refractivity (Wildman–Crippen MR) is 48.5 cm³/mol. The van der Waals surface area contributed by atoms with Gasteiger partial charge in [-0.05, 0) is 6.07 Å². The first-order chi connectivity index (χ1) is 5.04. The standard InChI is InChI=1S/C6H11N5/c7-2-1-3(8)5(10)6(11)4(2)9/h1H,7-11H2. The predicted octanol–water partition coefficient (Wildman–Crippen LogP) is -0.402. The third kappa shape index (κ3) is 0.958. The van der Waals surface area contributed by atoms with Crippen molar-refractivity contribution < 1.29 is 0 Å². The van der Waals surface area contributed by atoms with E-state index in [9.17, 15) is 0 Å². The van der Waals surface area contributed by atoms with Crippen molar-refractivity contribution in [2.75, 3.05) is 28.7 Å². The van der Waals surface area contributed by atoms with Crippen LogP contribution in [0.25, 0.3) is 0 Å². The molecule has 0 saturated carbocycles. The van der Waals surface area contributed by atoms with Crippen LogP contribution >= 0.6 is 0 Å². The molecule has 0 atom stereocenters. The summed E-state index contributed by atoms with van der Waals surface area (Å²) in [6.45, 7) is 0. The van der Waals surface area contributed by atoms with Crippen molar-refractivity contribution in [1.82, 2.24) is 0 Å². The van der Waals surface area contributed by atoms with Gasteiger partial charge in [-0.3, -0.25) is 0 Å². The lowest BCUT2D eigenvalue weighted by atomic mass is 10.2. The minimum atomic E-state index is 0.252. The van der Waals surface area contributed by atoms with Crippen LogP contribution in [0.15, 0.2) is 6.07 Å². The molecule has 0 heterocycles. The molecule has 60 valence electrons. The number of hydrogen-bond donors (Lipinski definition) is 5. The molecule has 0 spiro atoms. The maximum Gasteiger partial charge on any atom is 0.0824 e. The largest absolute Gasteiger partial charge is 0.397 e. The van der Waals surface area contributed by atoms with Crippen molar-refractivity contribution in [1.29, 1.82) is 0 Å². The first-order valence-corrected chi connectivity index (χ1v) is 3.02. The van der Waals surface area contributed by atoms with Gasteiger partial charge in [0.1, 0.15) is 0 Å². The Balaban J connectivity index is 3.46. The molecule has 11 heavy (non-hydrogen) atoms. The van der Waals surface area contributed by atoms with Crippen LogP contribution in [-0.4, -0.2) is 0 Å². The number of nitrogens with two attached hydrogens (primary N) is 5. The first-order valence-electron chi connectivity index (χ1n) is 3.02. The Bertz CT molecular complexity index is 267. The molecule has 5 heteroatoms. The molecule has 1 rings (SSSR count). The van der Waals surface area contributed by atoms with Crippen molar-refractivity contribution in [2.24, 2.45) is 0 Å². The Labute approximate surface area is 64.1 Å². The smallest absolute Gasteiger partial charge is 0.0824 e. The lowest BCUT2D eigenvalue weighted by molar-refractivity contribution is 1.62. The molecule has 0 aliphatic heterocycles. The highest BCUT2D eigenvalue weighted by molar-refractivity contribution is 5.93. The van der Waals surface area contributed by atoms with Crippen molar-refractivity contribution >= 4 is 28.4 Å². The maximum absolute atomic E-state index is 5.47. The Kier molecular flexibility index (Phi) is 1.41. The normalized spacial score (nSPS) is 9.82. The zero-order valence-electron chi connectivity index (χ0n) is 5.96. The van der Waals surface area contributed by atoms with E-state index in [0.717, 1.165) is 0 Å². The monoisotopic (exact) mass is 153 g/mol. The Morgan fingerprint density at radius 3 is 1.36 bits per heavy atom. The number of nitrogen functional groups attached to an aromatic ring is 5. The molecule has 0 unspecified atom stereocenters. The summed E-state index contributed by atoms with van der Waals surface area (Å²) in [6, 6.07) is 1.49. The van der Waals surface area contributed by atoms with E-state index in [1.165, 1.54) is 6.07 Å². The van der Waals surface area contributed by atoms with Crippen molar-refractivity contribution in [3.05, 3.63) is 6.07 Å².